The quantitative estimate of drug-likeness (QED) is 0.729. The number of hydrogen-bond acceptors (Lipinski definition) is 4. The first-order chi connectivity index (χ1) is 6.65. The van der Waals surface area contributed by atoms with E-state index in [-0.39, 0.29) is 11.6 Å². The molecule has 0 bridgehead atoms. The van der Waals surface area contributed by atoms with Crippen LogP contribution in [0.1, 0.15) is 22.1 Å². The molecule has 5 nitrogen and oxygen atoms in total. The Morgan fingerprint density at radius 2 is 2.43 bits per heavy atom. The average molecular weight is 196 g/mol. The van der Waals surface area contributed by atoms with E-state index in [1.165, 1.54) is 12.3 Å². The van der Waals surface area contributed by atoms with Gasteiger partial charge in [0.1, 0.15) is 0 Å². The lowest BCUT2D eigenvalue weighted by molar-refractivity contribution is 0.0696. The van der Waals surface area contributed by atoms with Crippen molar-refractivity contribution in [3.05, 3.63) is 29.6 Å². The third-order valence-electron chi connectivity index (χ3n) is 1.76. The topological polar surface area (TPSA) is 85.4 Å². The Labute approximate surface area is 81.5 Å². The Kier molecular flexibility index (Phi) is 3.55. The predicted octanol–water partition coefficient (Wildman–Crippen LogP) is 0.426. The summed E-state index contributed by atoms with van der Waals surface area (Å²) >= 11 is 0. The van der Waals surface area contributed by atoms with Gasteiger partial charge in [-0.25, -0.2) is 4.79 Å². The van der Waals surface area contributed by atoms with Crippen molar-refractivity contribution in [3.63, 3.8) is 0 Å². The third kappa shape index (κ3) is 2.51. The van der Waals surface area contributed by atoms with Gasteiger partial charge in [0.25, 0.3) is 0 Å². The summed E-state index contributed by atoms with van der Waals surface area (Å²) < 4.78 is 4.85. The number of carboxylic acids is 1. The monoisotopic (exact) mass is 196 g/mol. The molecule has 0 amide bonds. The van der Waals surface area contributed by atoms with E-state index in [4.69, 9.17) is 15.6 Å². The number of nitrogens with two attached hydrogens (primary N) is 1. The zero-order chi connectivity index (χ0) is 10.6. The van der Waals surface area contributed by atoms with Gasteiger partial charge < -0.3 is 15.6 Å². The molecule has 0 aliphatic carbocycles. The van der Waals surface area contributed by atoms with Crippen LogP contribution in [0.2, 0.25) is 0 Å². The fourth-order valence-electron chi connectivity index (χ4n) is 1.02. The van der Waals surface area contributed by atoms with E-state index in [1.807, 2.05) is 0 Å². The summed E-state index contributed by atoms with van der Waals surface area (Å²) in [6.07, 6.45) is 1.28. The molecule has 0 aliphatic rings. The summed E-state index contributed by atoms with van der Waals surface area (Å²) in [7, 11) is 1.55. The molecule has 14 heavy (non-hydrogen) atoms. The molecule has 1 aromatic heterocycles. The van der Waals surface area contributed by atoms with Crippen molar-refractivity contribution in [2.24, 2.45) is 5.73 Å². The molecular weight excluding hydrogens is 184 g/mol. The maximum Gasteiger partial charge on any atom is 0.337 e. The number of carboxylic acid groups (broad SMARTS) is 1. The van der Waals surface area contributed by atoms with Crippen LogP contribution in [-0.4, -0.2) is 29.8 Å². The van der Waals surface area contributed by atoms with Crippen molar-refractivity contribution < 1.29 is 14.6 Å². The summed E-state index contributed by atoms with van der Waals surface area (Å²) in [5.41, 5.74) is 6.47. The first-order valence-corrected chi connectivity index (χ1v) is 4.09. The molecule has 0 aromatic carbocycles. The Morgan fingerprint density at radius 3 is 2.86 bits per heavy atom. The minimum Gasteiger partial charge on any atom is -0.478 e. The predicted molar refractivity (Wildman–Crippen MR) is 50.0 cm³/mol. The number of hydrogen-bond donors (Lipinski definition) is 2. The Bertz CT molecular complexity index is 310. The Hall–Kier alpha value is -1.46. The van der Waals surface area contributed by atoms with Crippen LogP contribution in [0.5, 0.6) is 0 Å². The average Bonchev–Trinajstić information content (AvgIpc) is 2.18. The molecule has 76 valence electrons. The highest BCUT2D eigenvalue weighted by molar-refractivity contribution is 5.87. The van der Waals surface area contributed by atoms with Gasteiger partial charge >= 0.3 is 5.97 Å². The number of ether oxygens (including phenoxy) is 1. The molecule has 0 saturated carbocycles. The van der Waals surface area contributed by atoms with E-state index in [1.54, 1.807) is 13.2 Å². The highest BCUT2D eigenvalue weighted by Gasteiger charge is 2.08. The van der Waals surface area contributed by atoms with Gasteiger partial charge in [-0.15, -0.1) is 0 Å². The second-order valence-electron chi connectivity index (χ2n) is 2.84. The fraction of sp³-hybridized carbons (Fsp3) is 0.333. The molecule has 1 rings (SSSR count). The third-order valence-corrected chi connectivity index (χ3v) is 1.76. The number of aromatic carboxylic acids is 1. The number of carbonyl (C=O) groups is 1. The Morgan fingerprint density at radius 1 is 1.71 bits per heavy atom. The first kappa shape index (κ1) is 10.6. The van der Waals surface area contributed by atoms with Crippen molar-refractivity contribution >= 4 is 5.97 Å². The lowest BCUT2D eigenvalue weighted by atomic mass is 10.2. The van der Waals surface area contributed by atoms with Gasteiger partial charge in [-0.2, -0.15) is 0 Å². The molecule has 0 saturated heterocycles. The van der Waals surface area contributed by atoms with Crippen LogP contribution in [0.4, 0.5) is 0 Å². The molecule has 0 fully saturated rings. The molecule has 0 spiro atoms. The molecule has 5 heteroatoms. The molecule has 1 aromatic rings. The number of aromatic nitrogens is 1. The van der Waals surface area contributed by atoms with Gasteiger partial charge in [-0.3, -0.25) is 4.98 Å². The molecule has 0 aliphatic heterocycles. The van der Waals surface area contributed by atoms with Crippen molar-refractivity contribution in [1.82, 2.24) is 4.98 Å². The molecule has 3 N–H and O–H groups in total. The minimum absolute atomic E-state index is 0.151. The van der Waals surface area contributed by atoms with E-state index in [0.29, 0.717) is 12.3 Å². The maximum absolute atomic E-state index is 10.5. The van der Waals surface area contributed by atoms with E-state index in [0.717, 1.165) is 0 Å². The summed E-state index contributed by atoms with van der Waals surface area (Å²) in [4.78, 5) is 14.4. The number of rotatable bonds is 4. The highest BCUT2D eigenvalue weighted by atomic mass is 16.5. The molecular formula is C9H12N2O3. The van der Waals surface area contributed by atoms with Crippen LogP contribution in [0.25, 0.3) is 0 Å². The van der Waals surface area contributed by atoms with Gasteiger partial charge in [0, 0.05) is 13.3 Å². The van der Waals surface area contributed by atoms with Crippen molar-refractivity contribution in [2.45, 2.75) is 6.04 Å². The second-order valence-corrected chi connectivity index (χ2v) is 2.84. The Balaban J connectivity index is 2.77. The van der Waals surface area contributed by atoms with Crippen LogP contribution in [0, 0.1) is 0 Å². The van der Waals surface area contributed by atoms with Gasteiger partial charge in [0.15, 0.2) is 0 Å². The van der Waals surface area contributed by atoms with Crippen LogP contribution in [0.15, 0.2) is 18.3 Å². The van der Waals surface area contributed by atoms with Crippen molar-refractivity contribution in [1.29, 1.82) is 0 Å². The normalized spacial score (nSPS) is 12.4. The lowest BCUT2D eigenvalue weighted by Gasteiger charge is -2.09. The van der Waals surface area contributed by atoms with Crippen LogP contribution >= 0.6 is 0 Å². The summed E-state index contributed by atoms with van der Waals surface area (Å²) in [6.45, 7) is 0.361. The summed E-state index contributed by atoms with van der Waals surface area (Å²) in [6, 6.07) is 2.75. The van der Waals surface area contributed by atoms with Crippen LogP contribution in [0.3, 0.4) is 0 Å². The van der Waals surface area contributed by atoms with E-state index < -0.39 is 5.97 Å². The summed E-state index contributed by atoms with van der Waals surface area (Å²) in [5.74, 6) is -0.996. The van der Waals surface area contributed by atoms with Gasteiger partial charge in [-0.05, 0) is 12.1 Å². The first-order valence-electron chi connectivity index (χ1n) is 4.09. The van der Waals surface area contributed by atoms with E-state index in [2.05, 4.69) is 4.98 Å². The van der Waals surface area contributed by atoms with Gasteiger partial charge in [-0.1, -0.05) is 0 Å². The molecule has 1 heterocycles. The number of methoxy groups -OCH3 is 1. The zero-order valence-corrected chi connectivity index (χ0v) is 7.80. The molecule has 0 radical (unpaired) electrons. The van der Waals surface area contributed by atoms with E-state index in [9.17, 15) is 4.79 Å². The van der Waals surface area contributed by atoms with Gasteiger partial charge in [0.2, 0.25) is 0 Å². The van der Waals surface area contributed by atoms with E-state index >= 15 is 0 Å². The van der Waals surface area contributed by atoms with Crippen LogP contribution in [-0.2, 0) is 4.74 Å². The SMILES string of the molecule is COC[C@H](N)c1ccc(C(=O)O)cn1. The minimum atomic E-state index is -0.996. The van der Waals surface area contributed by atoms with Crippen molar-refractivity contribution in [3.8, 4) is 0 Å². The zero-order valence-electron chi connectivity index (χ0n) is 7.80. The van der Waals surface area contributed by atoms with Crippen LogP contribution < -0.4 is 5.73 Å². The lowest BCUT2D eigenvalue weighted by Crippen LogP contribution is -2.17. The fourth-order valence-corrected chi connectivity index (χ4v) is 1.02. The second kappa shape index (κ2) is 4.69. The highest BCUT2D eigenvalue weighted by Crippen LogP contribution is 2.08. The standard InChI is InChI=1S/C9H12N2O3/c1-14-5-7(10)8-3-2-6(4-11-8)9(12)13/h2-4,7H,5,10H2,1H3,(H,12,13)/t7-/m0/s1. The smallest absolute Gasteiger partial charge is 0.337 e. The van der Waals surface area contributed by atoms with Gasteiger partial charge in [0.05, 0.1) is 23.9 Å². The number of pyridine rings is 1. The number of nitrogens with zero attached hydrogens (tertiary/aromatic N) is 1. The largest absolute Gasteiger partial charge is 0.478 e. The molecule has 1 atom stereocenters. The maximum atomic E-state index is 10.5. The summed E-state index contributed by atoms with van der Waals surface area (Å²) in [5, 5.41) is 8.62. The molecule has 0 unspecified atom stereocenters. The van der Waals surface area contributed by atoms with Crippen molar-refractivity contribution in [2.75, 3.05) is 13.7 Å².